The predicted octanol–water partition coefficient (Wildman–Crippen LogP) is 1.50. The third-order valence-electron chi connectivity index (χ3n) is 1.96. The first-order chi connectivity index (χ1) is 7.20. The monoisotopic (exact) mass is 206 g/mol. The van der Waals surface area contributed by atoms with E-state index in [1.54, 1.807) is 6.20 Å². The van der Waals surface area contributed by atoms with Crippen molar-refractivity contribution in [2.45, 2.75) is 26.4 Å². The Morgan fingerprint density at radius 3 is 3.00 bits per heavy atom. The van der Waals surface area contributed by atoms with E-state index in [4.69, 9.17) is 10.2 Å². The third-order valence-corrected chi connectivity index (χ3v) is 1.96. The van der Waals surface area contributed by atoms with Crippen LogP contribution in [0.1, 0.15) is 19.7 Å². The van der Waals surface area contributed by atoms with E-state index in [1.807, 2.05) is 6.07 Å². The van der Waals surface area contributed by atoms with Crippen LogP contribution in [0, 0.1) is 0 Å². The number of hydrogen-bond donors (Lipinski definition) is 2. The summed E-state index contributed by atoms with van der Waals surface area (Å²) in [4.78, 5) is 8.36. The summed E-state index contributed by atoms with van der Waals surface area (Å²) in [6.45, 7) is 4.42. The predicted molar refractivity (Wildman–Crippen MR) is 58.5 cm³/mol. The van der Waals surface area contributed by atoms with Gasteiger partial charge >= 0.3 is 0 Å². The molecule has 0 radical (unpaired) electrons. The molecule has 0 fully saturated rings. The smallest absolute Gasteiger partial charge is 0.249 e. The molecule has 0 saturated heterocycles. The Bertz CT molecular complexity index is 463. The van der Waals surface area contributed by atoms with Gasteiger partial charge in [-0.1, -0.05) is 0 Å². The Labute approximate surface area is 87.7 Å². The highest BCUT2D eigenvalue weighted by Gasteiger charge is 2.10. The second kappa shape index (κ2) is 3.86. The maximum absolute atomic E-state index is 5.46. The molecule has 2 rings (SSSR count). The summed E-state index contributed by atoms with van der Waals surface area (Å²) >= 11 is 0. The molecule has 15 heavy (non-hydrogen) atoms. The number of nitrogens with zero attached hydrogens (tertiary/aromatic N) is 2. The van der Waals surface area contributed by atoms with Crippen molar-refractivity contribution in [3.63, 3.8) is 0 Å². The fraction of sp³-hybridized carbons (Fsp3) is 0.400. The zero-order valence-corrected chi connectivity index (χ0v) is 8.82. The molecule has 0 aliphatic rings. The van der Waals surface area contributed by atoms with E-state index in [1.165, 1.54) is 0 Å². The fourth-order valence-electron chi connectivity index (χ4n) is 1.39. The summed E-state index contributed by atoms with van der Waals surface area (Å²) in [5, 5.41) is 3.28. The summed E-state index contributed by atoms with van der Waals surface area (Å²) in [7, 11) is 0. The van der Waals surface area contributed by atoms with Crippen molar-refractivity contribution in [1.29, 1.82) is 0 Å². The third kappa shape index (κ3) is 1.92. The first-order valence-electron chi connectivity index (χ1n) is 4.91. The molecule has 0 amide bonds. The van der Waals surface area contributed by atoms with Crippen LogP contribution in [0.4, 0.5) is 5.69 Å². The van der Waals surface area contributed by atoms with Crippen LogP contribution in [0.5, 0.6) is 0 Å². The number of pyridine rings is 1. The zero-order valence-electron chi connectivity index (χ0n) is 8.82. The average Bonchev–Trinajstić information content (AvgIpc) is 2.61. The van der Waals surface area contributed by atoms with Gasteiger partial charge in [-0.3, -0.25) is 0 Å². The van der Waals surface area contributed by atoms with E-state index in [2.05, 4.69) is 29.1 Å². The second-order valence-corrected chi connectivity index (χ2v) is 3.62. The molecule has 0 spiro atoms. The van der Waals surface area contributed by atoms with Crippen molar-refractivity contribution in [3.8, 4) is 0 Å². The van der Waals surface area contributed by atoms with Crippen LogP contribution >= 0.6 is 0 Å². The van der Waals surface area contributed by atoms with E-state index in [0.717, 1.165) is 11.2 Å². The summed E-state index contributed by atoms with van der Waals surface area (Å²) in [5.41, 5.74) is 7.66. The van der Waals surface area contributed by atoms with Crippen LogP contribution in [-0.4, -0.2) is 16.0 Å². The standard InChI is InChI=1S/C10H14N4O/c1-6(2)13-7-3-4-12-10-9(7)14-8(5-11)15-10/h3-4,6H,5,11H2,1-2H3,(H,12,13). The van der Waals surface area contributed by atoms with Crippen LogP contribution in [0.25, 0.3) is 11.2 Å². The normalized spacial score (nSPS) is 11.2. The van der Waals surface area contributed by atoms with Crippen molar-refractivity contribution >= 4 is 16.9 Å². The number of nitrogens with two attached hydrogens (primary N) is 1. The Kier molecular flexibility index (Phi) is 2.55. The topological polar surface area (TPSA) is 77.0 Å². The van der Waals surface area contributed by atoms with Gasteiger partial charge in [0.05, 0.1) is 12.2 Å². The number of nitrogens with one attached hydrogen (secondary N) is 1. The lowest BCUT2D eigenvalue weighted by molar-refractivity contribution is 0.525. The number of oxazole rings is 1. The SMILES string of the molecule is CC(C)Nc1ccnc2oc(CN)nc12. The Morgan fingerprint density at radius 2 is 2.33 bits per heavy atom. The molecule has 5 heteroatoms. The minimum Gasteiger partial charge on any atom is -0.421 e. The summed E-state index contributed by atoms with van der Waals surface area (Å²) in [5.74, 6) is 0.510. The van der Waals surface area contributed by atoms with Gasteiger partial charge in [-0.05, 0) is 19.9 Å². The molecule has 2 aromatic rings. The minimum absolute atomic E-state index is 0.289. The van der Waals surface area contributed by atoms with Crippen molar-refractivity contribution in [2.75, 3.05) is 5.32 Å². The molecular formula is C10H14N4O. The quantitative estimate of drug-likeness (QED) is 0.795. The number of aromatic nitrogens is 2. The van der Waals surface area contributed by atoms with E-state index in [9.17, 15) is 0 Å². The number of fused-ring (bicyclic) bond motifs is 1. The molecule has 0 bridgehead atoms. The van der Waals surface area contributed by atoms with Crippen molar-refractivity contribution in [3.05, 3.63) is 18.2 Å². The lowest BCUT2D eigenvalue weighted by Crippen LogP contribution is -2.10. The van der Waals surface area contributed by atoms with E-state index in [-0.39, 0.29) is 6.54 Å². The largest absolute Gasteiger partial charge is 0.421 e. The molecular weight excluding hydrogens is 192 g/mol. The second-order valence-electron chi connectivity index (χ2n) is 3.62. The molecule has 0 aromatic carbocycles. The van der Waals surface area contributed by atoms with E-state index < -0.39 is 0 Å². The average molecular weight is 206 g/mol. The van der Waals surface area contributed by atoms with Crippen LogP contribution in [0.3, 0.4) is 0 Å². The zero-order chi connectivity index (χ0) is 10.8. The van der Waals surface area contributed by atoms with Gasteiger partial charge in [0, 0.05) is 12.2 Å². The van der Waals surface area contributed by atoms with Crippen LogP contribution in [-0.2, 0) is 6.54 Å². The molecule has 2 aromatic heterocycles. The highest BCUT2D eigenvalue weighted by atomic mass is 16.4. The Hall–Kier alpha value is -1.62. The number of rotatable bonds is 3. The van der Waals surface area contributed by atoms with Gasteiger partial charge in [0.25, 0.3) is 0 Å². The lowest BCUT2D eigenvalue weighted by atomic mass is 10.3. The van der Waals surface area contributed by atoms with Gasteiger partial charge < -0.3 is 15.5 Å². The van der Waals surface area contributed by atoms with Crippen LogP contribution in [0.2, 0.25) is 0 Å². The van der Waals surface area contributed by atoms with Gasteiger partial charge in [0.2, 0.25) is 11.6 Å². The van der Waals surface area contributed by atoms with Crippen molar-refractivity contribution in [1.82, 2.24) is 9.97 Å². The van der Waals surface area contributed by atoms with Gasteiger partial charge in [0.1, 0.15) is 0 Å². The maximum atomic E-state index is 5.46. The number of hydrogen-bond acceptors (Lipinski definition) is 5. The molecule has 80 valence electrons. The Morgan fingerprint density at radius 1 is 1.53 bits per heavy atom. The summed E-state index contributed by atoms with van der Waals surface area (Å²) < 4.78 is 5.35. The first-order valence-corrected chi connectivity index (χ1v) is 4.91. The van der Waals surface area contributed by atoms with Gasteiger partial charge in [-0.15, -0.1) is 0 Å². The van der Waals surface area contributed by atoms with Gasteiger partial charge in [-0.2, -0.15) is 0 Å². The Balaban J connectivity index is 2.49. The molecule has 0 unspecified atom stereocenters. The lowest BCUT2D eigenvalue weighted by Gasteiger charge is -2.08. The highest BCUT2D eigenvalue weighted by molar-refractivity contribution is 5.83. The van der Waals surface area contributed by atoms with Crippen LogP contribution < -0.4 is 11.1 Å². The molecule has 0 atom stereocenters. The molecule has 0 aliphatic heterocycles. The molecule has 0 saturated carbocycles. The molecule has 2 heterocycles. The van der Waals surface area contributed by atoms with E-state index in [0.29, 0.717) is 17.6 Å². The van der Waals surface area contributed by atoms with Crippen molar-refractivity contribution in [2.24, 2.45) is 5.73 Å². The molecule has 5 nitrogen and oxygen atoms in total. The molecule has 0 aliphatic carbocycles. The van der Waals surface area contributed by atoms with Crippen LogP contribution in [0.15, 0.2) is 16.7 Å². The highest BCUT2D eigenvalue weighted by Crippen LogP contribution is 2.21. The molecule has 3 N–H and O–H groups in total. The minimum atomic E-state index is 0.289. The fourth-order valence-corrected chi connectivity index (χ4v) is 1.39. The number of anilines is 1. The summed E-state index contributed by atoms with van der Waals surface area (Å²) in [6, 6.07) is 2.22. The maximum Gasteiger partial charge on any atom is 0.249 e. The van der Waals surface area contributed by atoms with E-state index >= 15 is 0 Å². The van der Waals surface area contributed by atoms with Crippen molar-refractivity contribution < 1.29 is 4.42 Å². The summed E-state index contributed by atoms with van der Waals surface area (Å²) in [6.07, 6.45) is 1.69. The first kappa shape index (κ1) is 9.92. The van der Waals surface area contributed by atoms with Gasteiger partial charge in [-0.25, -0.2) is 9.97 Å². The van der Waals surface area contributed by atoms with Gasteiger partial charge in [0.15, 0.2) is 5.52 Å².